The van der Waals surface area contributed by atoms with Gasteiger partial charge in [0.05, 0.1) is 12.1 Å². The van der Waals surface area contributed by atoms with E-state index >= 15 is 0 Å². The molecule has 5 nitrogen and oxygen atoms in total. The molecule has 0 saturated carbocycles. The van der Waals surface area contributed by atoms with Crippen LogP contribution in [0.5, 0.6) is 5.75 Å². The van der Waals surface area contributed by atoms with Gasteiger partial charge < -0.3 is 9.47 Å². The summed E-state index contributed by atoms with van der Waals surface area (Å²) < 4.78 is 14.2. The summed E-state index contributed by atoms with van der Waals surface area (Å²) in [5.74, 6) is 2.77. The number of hydrogen-bond donors (Lipinski definition) is 0. The highest BCUT2D eigenvalue weighted by Gasteiger charge is 2.28. The summed E-state index contributed by atoms with van der Waals surface area (Å²) in [5, 5.41) is 0. The molecule has 0 radical (unpaired) electrons. The van der Waals surface area contributed by atoms with Gasteiger partial charge in [-0.25, -0.2) is 14.3 Å². The van der Waals surface area contributed by atoms with E-state index in [2.05, 4.69) is 46.3 Å². The molecule has 3 unspecified atom stereocenters. The minimum Gasteiger partial charge on any atom is -0.488 e. The van der Waals surface area contributed by atoms with E-state index in [1.54, 1.807) is 7.11 Å². The van der Waals surface area contributed by atoms with Crippen molar-refractivity contribution in [2.45, 2.75) is 63.5 Å². The Morgan fingerprint density at radius 2 is 1.93 bits per heavy atom. The topological polar surface area (TPSA) is 47.5 Å². The molecular formula is C22H31N3O2S. The van der Waals surface area contributed by atoms with E-state index in [1.165, 1.54) is 12.0 Å². The zero-order chi connectivity index (χ0) is 19.8. The summed E-state index contributed by atoms with van der Waals surface area (Å²) in [6.07, 6.45) is 8.05. The van der Waals surface area contributed by atoms with Crippen LogP contribution in [-0.2, 0) is 10.5 Å². The van der Waals surface area contributed by atoms with Gasteiger partial charge in [-0.15, -0.1) is 0 Å². The van der Waals surface area contributed by atoms with Crippen LogP contribution < -0.4 is 4.74 Å². The van der Waals surface area contributed by atoms with E-state index in [0.29, 0.717) is 6.04 Å². The van der Waals surface area contributed by atoms with Crippen LogP contribution in [0.1, 0.15) is 57.0 Å². The average Bonchev–Trinajstić information content (AvgIpc) is 3.22. The largest absolute Gasteiger partial charge is 0.488 e. The van der Waals surface area contributed by atoms with E-state index in [1.807, 2.05) is 36.5 Å². The molecule has 1 fully saturated rings. The summed E-state index contributed by atoms with van der Waals surface area (Å²) in [6, 6.07) is 10.6. The fraction of sp³-hybridized carbons (Fsp3) is 0.545. The van der Waals surface area contributed by atoms with Crippen LogP contribution in [0.2, 0.25) is 0 Å². The molecule has 1 saturated heterocycles. The first kappa shape index (κ1) is 21.1. The maximum absolute atomic E-state index is 6.24. The van der Waals surface area contributed by atoms with Crippen molar-refractivity contribution in [3.05, 3.63) is 54.1 Å². The lowest BCUT2D eigenvalue weighted by Gasteiger charge is -2.25. The molecule has 1 aromatic heterocycles. The van der Waals surface area contributed by atoms with Crippen molar-refractivity contribution in [1.29, 1.82) is 0 Å². The van der Waals surface area contributed by atoms with Crippen molar-refractivity contribution in [2.75, 3.05) is 13.7 Å². The summed E-state index contributed by atoms with van der Waals surface area (Å²) in [6.45, 7) is 5.36. The highest BCUT2D eigenvalue weighted by Crippen LogP contribution is 2.36. The van der Waals surface area contributed by atoms with Crippen LogP contribution in [0, 0.1) is 0 Å². The third-order valence-corrected chi connectivity index (χ3v) is 6.42. The number of rotatable bonds is 10. The Kier molecular flexibility index (Phi) is 8.13. The monoisotopic (exact) mass is 401 g/mol. The third kappa shape index (κ3) is 5.46. The first-order valence-electron chi connectivity index (χ1n) is 10.2. The molecule has 0 bridgehead atoms. The standard InChI is InChI=1S/C22H31N3O2S/c1-4-20(26-3)21(5-2)27-18-10-6-9-17(15-18)16-28-25-14-7-11-19(25)22-23-12-8-13-24-22/h6,8-10,12-13,15,19-21H,4-5,7,11,14,16H2,1-3H3. The highest BCUT2D eigenvalue weighted by molar-refractivity contribution is 7.96. The molecule has 2 aromatic rings. The van der Waals surface area contributed by atoms with Crippen molar-refractivity contribution in [3.8, 4) is 5.75 Å². The van der Waals surface area contributed by atoms with Gasteiger partial charge in [0.2, 0.25) is 0 Å². The molecule has 28 heavy (non-hydrogen) atoms. The van der Waals surface area contributed by atoms with Gasteiger partial charge in [0.15, 0.2) is 0 Å². The Labute approximate surface area is 173 Å². The number of benzene rings is 1. The quantitative estimate of drug-likeness (QED) is 0.520. The van der Waals surface area contributed by atoms with Gasteiger partial charge in [0.1, 0.15) is 17.7 Å². The summed E-state index contributed by atoms with van der Waals surface area (Å²) >= 11 is 1.86. The molecule has 0 amide bonds. The van der Waals surface area contributed by atoms with Crippen molar-refractivity contribution in [2.24, 2.45) is 0 Å². The number of nitrogens with zero attached hydrogens (tertiary/aromatic N) is 3. The first-order valence-corrected chi connectivity index (χ1v) is 11.1. The maximum atomic E-state index is 6.24. The molecule has 3 atom stereocenters. The Hall–Kier alpha value is -1.63. The Morgan fingerprint density at radius 1 is 1.14 bits per heavy atom. The van der Waals surface area contributed by atoms with Crippen molar-refractivity contribution in [3.63, 3.8) is 0 Å². The summed E-state index contributed by atoms with van der Waals surface area (Å²) in [5.41, 5.74) is 1.27. The number of methoxy groups -OCH3 is 1. The Balaban J connectivity index is 1.60. The molecule has 152 valence electrons. The van der Waals surface area contributed by atoms with Gasteiger partial charge in [0.25, 0.3) is 0 Å². The predicted molar refractivity (Wildman–Crippen MR) is 114 cm³/mol. The van der Waals surface area contributed by atoms with Crippen molar-refractivity contribution >= 4 is 11.9 Å². The maximum Gasteiger partial charge on any atom is 0.146 e. The Bertz CT molecular complexity index is 712. The fourth-order valence-corrected chi connectivity index (χ4v) is 4.81. The van der Waals surface area contributed by atoms with Gasteiger partial charge in [-0.05, 0) is 49.4 Å². The lowest BCUT2D eigenvalue weighted by atomic mass is 10.1. The van der Waals surface area contributed by atoms with E-state index in [-0.39, 0.29) is 12.2 Å². The van der Waals surface area contributed by atoms with E-state index in [0.717, 1.165) is 43.1 Å². The smallest absolute Gasteiger partial charge is 0.146 e. The van der Waals surface area contributed by atoms with Crippen LogP contribution in [0.25, 0.3) is 0 Å². The van der Waals surface area contributed by atoms with Gasteiger partial charge in [-0.3, -0.25) is 0 Å². The minimum absolute atomic E-state index is 0.0797. The molecule has 1 aliphatic heterocycles. The van der Waals surface area contributed by atoms with E-state index in [4.69, 9.17) is 9.47 Å². The second-order valence-electron chi connectivity index (χ2n) is 7.07. The fourth-order valence-electron chi connectivity index (χ4n) is 3.68. The normalized spacial score (nSPS) is 19.5. The molecule has 1 aliphatic rings. The molecule has 3 rings (SSSR count). The second-order valence-corrected chi connectivity index (χ2v) is 8.09. The first-order chi connectivity index (χ1) is 13.7. The van der Waals surface area contributed by atoms with Crippen LogP contribution >= 0.6 is 11.9 Å². The van der Waals surface area contributed by atoms with Crippen LogP contribution in [0.15, 0.2) is 42.7 Å². The highest BCUT2D eigenvalue weighted by atomic mass is 32.2. The third-order valence-electron chi connectivity index (χ3n) is 5.19. The lowest BCUT2D eigenvalue weighted by molar-refractivity contribution is -0.00154. The minimum atomic E-state index is 0.0797. The second kappa shape index (κ2) is 10.8. The van der Waals surface area contributed by atoms with Crippen molar-refractivity contribution < 1.29 is 9.47 Å². The van der Waals surface area contributed by atoms with E-state index < -0.39 is 0 Å². The average molecular weight is 402 g/mol. The molecule has 2 heterocycles. The Morgan fingerprint density at radius 3 is 2.64 bits per heavy atom. The van der Waals surface area contributed by atoms with Crippen LogP contribution in [0.3, 0.4) is 0 Å². The van der Waals surface area contributed by atoms with Crippen LogP contribution in [-0.4, -0.2) is 40.1 Å². The molecule has 1 aromatic carbocycles. The number of hydrogen-bond acceptors (Lipinski definition) is 6. The SMILES string of the molecule is CCC(OC)C(CC)Oc1cccc(CSN2CCCC2c2ncccn2)c1. The molecule has 0 aliphatic carbocycles. The predicted octanol–water partition coefficient (Wildman–Crippen LogP) is 5.04. The van der Waals surface area contributed by atoms with Crippen molar-refractivity contribution in [1.82, 2.24) is 14.3 Å². The van der Waals surface area contributed by atoms with E-state index in [9.17, 15) is 0 Å². The van der Waals surface area contributed by atoms with Gasteiger partial charge >= 0.3 is 0 Å². The number of aromatic nitrogens is 2. The van der Waals surface area contributed by atoms with Gasteiger partial charge in [0, 0.05) is 31.8 Å². The summed E-state index contributed by atoms with van der Waals surface area (Å²) in [4.78, 5) is 8.91. The molecule has 0 spiro atoms. The van der Waals surface area contributed by atoms with Gasteiger partial charge in [-0.2, -0.15) is 0 Å². The molecule has 6 heteroatoms. The molecular weight excluding hydrogens is 370 g/mol. The van der Waals surface area contributed by atoms with Gasteiger partial charge in [-0.1, -0.05) is 37.9 Å². The zero-order valence-electron chi connectivity index (χ0n) is 17.1. The zero-order valence-corrected chi connectivity index (χ0v) is 17.9. The number of ether oxygens (including phenoxy) is 2. The molecule has 0 N–H and O–H groups in total. The summed E-state index contributed by atoms with van der Waals surface area (Å²) in [7, 11) is 1.76. The lowest BCUT2D eigenvalue weighted by Crippen LogP contribution is -2.32. The van der Waals surface area contributed by atoms with Crippen LogP contribution in [0.4, 0.5) is 0 Å².